The summed E-state index contributed by atoms with van der Waals surface area (Å²) in [5.74, 6) is -0.0630. The summed E-state index contributed by atoms with van der Waals surface area (Å²) in [4.78, 5) is 39.6. The Labute approximate surface area is 246 Å². The van der Waals surface area contributed by atoms with E-state index < -0.39 is 17.8 Å². The van der Waals surface area contributed by atoms with Crippen molar-refractivity contribution in [3.05, 3.63) is 86.9 Å². The second-order valence-corrected chi connectivity index (χ2v) is 10.1. The highest BCUT2D eigenvalue weighted by Gasteiger charge is 2.37. The van der Waals surface area contributed by atoms with Crippen LogP contribution in [0.1, 0.15) is 37.8 Å². The fourth-order valence-corrected chi connectivity index (χ4v) is 4.69. The molecule has 3 aromatic rings. The number of anilines is 1. The minimum Gasteiger partial charge on any atom is -0.494 e. The van der Waals surface area contributed by atoms with Gasteiger partial charge in [-0.3, -0.25) is 14.9 Å². The van der Waals surface area contributed by atoms with E-state index in [2.05, 4.69) is 28.2 Å². The number of halogens is 2. The predicted molar refractivity (Wildman–Crippen MR) is 157 cm³/mol. The number of nitrogens with one attached hydrogen (secondary N) is 1. The van der Waals surface area contributed by atoms with Gasteiger partial charge in [-0.2, -0.15) is 0 Å². The first kappa shape index (κ1) is 29.2. The van der Waals surface area contributed by atoms with E-state index in [1.807, 2.05) is 25.1 Å². The van der Waals surface area contributed by atoms with Gasteiger partial charge in [0, 0.05) is 10.6 Å². The average molecular weight is 628 g/mol. The van der Waals surface area contributed by atoms with Crippen molar-refractivity contribution >= 4 is 57.1 Å². The number of unbranched alkanes of at least 4 members (excludes halogenated alkanes) is 1. The SMILES string of the molecule is CCCCOc1ccc(N2C(=O)NC(=O)/C(=C/c3cc(Br)c(OCc4ccccc4Cl)c(OCC)c3)C2=O)cc1. The zero-order chi connectivity index (χ0) is 28.6. The van der Waals surface area contributed by atoms with E-state index in [1.165, 1.54) is 6.08 Å². The Hall–Kier alpha value is -3.82. The van der Waals surface area contributed by atoms with Gasteiger partial charge < -0.3 is 14.2 Å². The van der Waals surface area contributed by atoms with Crippen molar-refractivity contribution in [3.63, 3.8) is 0 Å². The van der Waals surface area contributed by atoms with Gasteiger partial charge >= 0.3 is 6.03 Å². The molecule has 4 amide bonds. The Bertz CT molecular complexity index is 1440. The van der Waals surface area contributed by atoms with Gasteiger partial charge in [0.2, 0.25) is 0 Å². The van der Waals surface area contributed by atoms with E-state index in [-0.39, 0.29) is 12.2 Å². The van der Waals surface area contributed by atoms with Crippen LogP contribution in [0.15, 0.2) is 70.7 Å². The Morgan fingerprint density at radius 2 is 1.73 bits per heavy atom. The number of imide groups is 2. The molecule has 0 aliphatic carbocycles. The maximum absolute atomic E-state index is 13.4. The first-order valence-corrected chi connectivity index (χ1v) is 14.0. The molecule has 0 saturated carbocycles. The number of hydrogen-bond acceptors (Lipinski definition) is 6. The molecule has 0 spiro atoms. The number of amides is 4. The van der Waals surface area contributed by atoms with E-state index in [4.69, 9.17) is 25.8 Å². The van der Waals surface area contributed by atoms with Crippen LogP contribution in [0.25, 0.3) is 6.08 Å². The largest absolute Gasteiger partial charge is 0.494 e. The van der Waals surface area contributed by atoms with Crippen LogP contribution in [0.2, 0.25) is 5.02 Å². The molecule has 1 aliphatic rings. The zero-order valence-electron chi connectivity index (χ0n) is 22.0. The first-order chi connectivity index (χ1) is 19.3. The van der Waals surface area contributed by atoms with Crippen molar-refractivity contribution in [1.29, 1.82) is 0 Å². The monoisotopic (exact) mass is 626 g/mol. The van der Waals surface area contributed by atoms with Crippen LogP contribution in [0.4, 0.5) is 10.5 Å². The number of hydrogen-bond donors (Lipinski definition) is 1. The molecule has 1 aliphatic heterocycles. The summed E-state index contributed by atoms with van der Waals surface area (Å²) in [5, 5.41) is 2.82. The fraction of sp³-hybridized carbons (Fsp3) is 0.233. The highest BCUT2D eigenvalue weighted by molar-refractivity contribution is 9.10. The molecule has 1 fully saturated rings. The molecule has 0 unspecified atom stereocenters. The van der Waals surface area contributed by atoms with Crippen molar-refractivity contribution in [3.8, 4) is 17.2 Å². The van der Waals surface area contributed by atoms with Crippen molar-refractivity contribution in [2.75, 3.05) is 18.1 Å². The minimum absolute atomic E-state index is 0.207. The van der Waals surface area contributed by atoms with Crippen molar-refractivity contribution in [2.45, 2.75) is 33.3 Å². The molecule has 0 atom stereocenters. The maximum atomic E-state index is 13.4. The molecule has 1 N–H and O–H groups in total. The van der Waals surface area contributed by atoms with E-state index in [9.17, 15) is 14.4 Å². The quantitative estimate of drug-likeness (QED) is 0.141. The van der Waals surface area contributed by atoms with E-state index in [1.54, 1.807) is 42.5 Å². The molecule has 40 heavy (non-hydrogen) atoms. The van der Waals surface area contributed by atoms with Crippen molar-refractivity contribution < 1.29 is 28.6 Å². The van der Waals surface area contributed by atoms with E-state index >= 15 is 0 Å². The minimum atomic E-state index is -0.827. The summed E-state index contributed by atoms with van der Waals surface area (Å²) in [5.41, 5.74) is 1.40. The van der Waals surface area contributed by atoms with Crippen LogP contribution in [-0.2, 0) is 16.2 Å². The molecule has 0 radical (unpaired) electrons. The van der Waals surface area contributed by atoms with E-state index in [0.29, 0.717) is 51.2 Å². The number of barbiturate groups is 1. The van der Waals surface area contributed by atoms with Crippen LogP contribution in [0.5, 0.6) is 17.2 Å². The zero-order valence-corrected chi connectivity index (χ0v) is 24.4. The number of rotatable bonds is 11. The Kier molecular flexibility index (Phi) is 9.84. The number of carbonyl (C=O) groups excluding carboxylic acids is 3. The van der Waals surface area contributed by atoms with Gasteiger partial charge in [0.1, 0.15) is 17.9 Å². The fourth-order valence-electron chi connectivity index (χ4n) is 3.92. The summed E-state index contributed by atoms with van der Waals surface area (Å²) in [6, 6.07) is 16.4. The lowest BCUT2D eigenvalue weighted by Gasteiger charge is -2.26. The lowest BCUT2D eigenvalue weighted by atomic mass is 10.1. The van der Waals surface area contributed by atoms with Crippen molar-refractivity contribution in [1.82, 2.24) is 5.32 Å². The first-order valence-electron chi connectivity index (χ1n) is 12.8. The highest BCUT2D eigenvalue weighted by Crippen LogP contribution is 2.38. The van der Waals surface area contributed by atoms with Crippen LogP contribution >= 0.6 is 27.5 Å². The Balaban J connectivity index is 1.60. The van der Waals surface area contributed by atoms with Gasteiger partial charge in [0.15, 0.2) is 11.5 Å². The molecule has 3 aromatic carbocycles. The van der Waals surface area contributed by atoms with Crippen molar-refractivity contribution in [2.24, 2.45) is 0 Å². The van der Waals surface area contributed by atoms with E-state index in [0.717, 1.165) is 23.3 Å². The van der Waals surface area contributed by atoms with Crippen LogP contribution in [-0.4, -0.2) is 31.1 Å². The molecule has 1 heterocycles. The molecular weight excluding hydrogens is 600 g/mol. The summed E-state index contributed by atoms with van der Waals surface area (Å²) >= 11 is 9.77. The number of ether oxygens (including phenoxy) is 3. The lowest BCUT2D eigenvalue weighted by Crippen LogP contribution is -2.54. The van der Waals surface area contributed by atoms with Gasteiger partial charge in [-0.05, 0) is 83.4 Å². The average Bonchev–Trinajstić information content (AvgIpc) is 2.92. The topological polar surface area (TPSA) is 94.2 Å². The van der Waals surface area contributed by atoms with Gasteiger partial charge in [-0.25, -0.2) is 9.69 Å². The molecule has 8 nitrogen and oxygen atoms in total. The molecule has 4 rings (SSSR count). The number of benzene rings is 3. The number of carbonyl (C=O) groups is 3. The third kappa shape index (κ3) is 6.84. The highest BCUT2D eigenvalue weighted by atomic mass is 79.9. The third-order valence-electron chi connectivity index (χ3n) is 5.94. The van der Waals surface area contributed by atoms with Gasteiger partial charge in [-0.1, -0.05) is 43.1 Å². The number of nitrogens with zero attached hydrogens (tertiary/aromatic N) is 1. The summed E-state index contributed by atoms with van der Waals surface area (Å²) < 4.78 is 18.0. The molecule has 10 heteroatoms. The van der Waals surface area contributed by atoms with Gasteiger partial charge in [0.25, 0.3) is 11.8 Å². The maximum Gasteiger partial charge on any atom is 0.335 e. The summed E-state index contributed by atoms with van der Waals surface area (Å²) in [7, 11) is 0. The molecule has 0 bridgehead atoms. The van der Waals surface area contributed by atoms with Crippen LogP contribution in [0.3, 0.4) is 0 Å². The Morgan fingerprint density at radius 3 is 2.42 bits per heavy atom. The molecular formula is C30H28BrClN2O6. The van der Waals surface area contributed by atoms with Gasteiger partial charge in [0.05, 0.1) is 23.4 Å². The summed E-state index contributed by atoms with van der Waals surface area (Å²) in [6.45, 7) is 5.04. The normalized spacial score (nSPS) is 14.3. The second-order valence-electron chi connectivity index (χ2n) is 8.80. The Morgan fingerprint density at radius 1 is 0.975 bits per heavy atom. The summed E-state index contributed by atoms with van der Waals surface area (Å²) in [6.07, 6.45) is 3.33. The molecule has 208 valence electrons. The smallest absolute Gasteiger partial charge is 0.335 e. The second kappa shape index (κ2) is 13.5. The standard InChI is InChI=1S/C30H28BrClN2O6/c1-3-5-14-39-22-12-10-21(11-13-22)34-29(36)23(28(35)33-30(34)37)15-19-16-24(31)27(26(17-19)38-4-2)40-18-20-8-6-7-9-25(20)32/h6-13,15-17H,3-5,14,18H2,1-2H3,(H,33,35,37)/b23-15-. The predicted octanol–water partition coefficient (Wildman–Crippen LogP) is 6.93. The lowest BCUT2D eigenvalue weighted by molar-refractivity contribution is -0.122. The number of urea groups is 1. The van der Waals surface area contributed by atoms with Gasteiger partial charge in [-0.15, -0.1) is 0 Å². The van der Waals surface area contributed by atoms with Crippen LogP contribution < -0.4 is 24.4 Å². The molecule has 1 saturated heterocycles. The van der Waals surface area contributed by atoms with Crippen LogP contribution in [0, 0.1) is 0 Å². The third-order valence-corrected chi connectivity index (χ3v) is 6.89. The molecule has 0 aromatic heterocycles.